The van der Waals surface area contributed by atoms with Crippen LogP contribution < -0.4 is 4.18 Å². The van der Waals surface area contributed by atoms with E-state index in [1.54, 1.807) is 51.1 Å². The van der Waals surface area contributed by atoms with Crippen LogP contribution >= 0.6 is 11.6 Å². The fourth-order valence-electron chi connectivity index (χ4n) is 3.91. The molecule has 4 rings (SSSR count). The Labute approximate surface area is 219 Å². The maximum Gasteiger partial charge on any atom is 0.413 e. The van der Waals surface area contributed by atoms with Crippen LogP contribution in [0.1, 0.15) is 42.3 Å². The first-order chi connectivity index (χ1) is 17.4. The van der Waals surface area contributed by atoms with E-state index in [1.807, 2.05) is 11.0 Å². The highest BCUT2D eigenvalue weighted by atomic mass is 35.5. The van der Waals surface area contributed by atoms with Crippen molar-refractivity contribution in [3.05, 3.63) is 64.2 Å². The molecule has 1 aromatic heterocycles. The van der Waals surface area contributed by atoms with Crippen molar-refractivity contribution in [3.8, 4) is 11.9 Å². The Bertz CT molecular complexity index is 1500. The molecular weight excluding hydrogens is 520 g/mol. The van der Waals surface area contributed by atoms with E-state index < -0.39 is 27.8 Å². The number of aromatic amines is 1. The first kappa shape index (κ1) is 26.5. The minimum absolute atomic E-state index is 0.0742. The van der Waals surface area contributed by atoms with Gasteiger partial charge in [-0.05, 0) is 50.6 Å². The molecule has 3 aromatic rings. The molecule has 12 heteroatoms. The van der Waals surface area contributed by atoms with Crippen molar-refractivity contribution in [2.75, 3.05) is 19.6 Å². The molecule has 1 aliphatic rings. The summed E-state index contributed by atoms with van der Waals surface area (Å²) in [6.07, 6.45) is 0. The second-order valence-electron chi connectivity index (χ2n) is 9.55. The van der Waals surface area contributed by atoms with Crippen molar-refractivity contribution in [3.63, 3.8) is 0 Å². The highest BCUT2D eigenvalue weighted by Gasteiger charge is 2.35. The molecule has 0 atom stereocenters. The van der Waals surface area contributed by atoms with Gasteiger partial charge in [0.2, 0.25) is 5.88 Å². The summed E-state index contributed by atoms with van der Waals surface area (Å²) < 4.78 is 37.2. The van der Waals surface area contributed by atoms with Crippen LogP contribution in [-0.2, 0) is 26.4 Å². The lowest BCUT2D eigenvalue weighted by molar-refractivity contribution is -0.130. The maximum absolute atomic E-state index is 12.9. The third kappa shape index (κ3) is 6.05. The highest BCUT2D eigenvalue weighted by molar-refractivity contribution is 7.85. The second kappa shape index (κ2) is 10.0. The lowest BCUT2D eigenvalue weighted by atomic mass is 10.1. The summed E-state index contributed by atoms with van der Waals surface area (Å²) in [4.78, 5) is 30.1. The number of nitriles is 1. The zero-order valence-electron chi connectivity index (χ0n) is 20.4. The molecule has 0 radical (unpaired) electrons. The standard InChI is InChI=1S/C25H25ClN4O6S/c1-25(2,3)35-24(32)23-18-12-21(28-20(18)9-8-19(23)26)36-37(33,34)30-11-10-29(15-22(30)31)14-17-6-4-16(13-27)5-7-17/h4-9,12,28H,10-11,14-15H2,1-3H3. The van der Waals surface area contributed by atoms with Gasteiger partial charge in [-0.3, -0.25) is 9.69 Å². The molecule has 37 heavy (non-hydrogen) atoms. The van der Waals surface area contributed by atoms with Crippen LogP contribution in [0.5, 0.6) is 5.88 Å². The van der Waals surface area contributed by atoms with Gasteiger partial charge in [0.1, 0.15) is 5.60 Å². The number of ether oxygens (including phenoxy) is 1. The molecule has 194 valence electrons. The quantitative estimate of drug-likeness (QED) is 0.465. The number of hydrogen-bond acceptors (Lipinski definition) is 8. The van der Waals surface area contributed by atoms with Crippen LogP contribution in [0.4, 0.5) is 0 Å². The molecular formula is C25H25ClN4O6S. The fraction of sp³-hybridized carbons (Fsp3) is 0.320. The predicted molar refractivity (Wildman–Crippen MR) is 136 cm³/mol. The van der Waals surface area contributed by atoms with E-state index in [9.17, 15) is 18.0 Å². The van der Waals surface area contributed by atoms with E-state index in [4.69, 9.17) is 25.8 Å². The summed E-state index contributed by atoms with van der Waals surface area (Å²) in [6, 6.07) is 13.4. The van der Waals surface area contributed by atoms with Crippen LogP contribution in [0.2, 0.25) is 5.02 Å². The lowest BCUT2D eigenvalue weighted by Crippen LogP contribution is -2.53. The number of fused-ring (bicyclic) bond motifs is 1. The molecule has 1 amide bonds. The van der Waals surface area contributed by atoms with Gasteiger partial charge in [0.15, 0.2) is 0 Å². The Morgan fingerprint density at radius 1 is 1.16 bits per heavy atom. The third-order valence-corrected chi connectivity index (χ3v) is 7.17. The molecule has 0 bridgehead atoms. The topological polar surface area (TPSA) is 133 Å². The second-order valence-corrected chi connectivity index (χ2v) is 11.4. The lowest BCUT2D eigenvalue weighted by Gasteiger charge is -2.32. The number of hydrogen-bond donors (Lipinski definition) is 1. The number of nitrogens with zero attached hydrogens (tertiary/aromatic N) is 3. The number of nitrogens with one attached hydrogen (secondary N) is 1. The number of carbonyl (C=O) groups is 2. The number of halogens is 1. The largest absolute Gasteiger partial charge is 0.456 e. The van der Waals surface area contributed by atoms with Crippen molar-refractivity contribution in [2.24, 2.45) is 0 Å². The number of amides is 1. The highest BCUT2D eigenvalue weighted by Crippen LogP contribution is 2.32. The van der Waals surface area contributed by atoms with Gasteiger partial charge < -0.3 is 13.9 Å². The van der Waals surface area contributed by atoms with Gasteiger partial charge in [-0.1, -0.05) is 23.7 Å². The summed E-state index contributed by atoms with van der Waals surface area (Å²) in [5, 5.41) is 9.39. The van der Waals surface area contributed by atoms with Gasteiger partial charge in [-0.2, -0.15) is 13.7 Å². The Morgan fingerprint density at radius 2 is 1.86 bits per heavy atom. The number of H-pyrrole nitrogens is 1. The van der Waals surface area contributed by atoms with Gasteiger partial charge in [-0.15, -0.1) is 0 Å². The zero-order valence-corrected chi connectivity index (χ0v) is 22.0. The normalized spacial score (nSPS) is 15.0. The summed E-state index contributed by atoms with van der Waals surface area (Å²) >= 11 is 6.25. The fourth-order valence-corrected chi connectivity index (χ4v) is 5.17. The van der Waals surface area contributed by atoms with Crippen LogP contribution in [0.25, 0.3) is 10.9 Å². The first-order valence-corrected chi connectivity index (χ1v) is 13.1. The molecule has 0 saturated carbocycles. The Kier molecular flexibility index (Phi) is 7.19. The number of aromatic nitrogens is 1. The number of carbonyl (C=O) groups excluding carboxylic acids is 2. The Balaban J connectivity index is 1.48. The molecule has 10 nitrogen and oxygen atoms in total. The van der Waals surface area contributed by atoms with Crippen LogP contribution in [0, 0.1) is 11.3 Å². The summed E-state index contributed by atoms with van der Waals surface area (Å²) in [5.74, 6) is -1.46. The average Bonchev–Trinajstić information content (AvgIpc) is 3.19. The Morgan fingerprint density at radius 3 is 2.49 bits per heavy atom. The first-order valence-electron chi connectivity index (χ1n) is 11.4. The van der Waals surface area contributed by atoms with Gasteiger partial charge >= 0.3 is 16.3 Å². The van der Waals surface area contributed by atoms with Gasteiger partial charge in [0.05, 0.1) is 35.3 Å². The molecule has 0 unspecified atom stereocenters. The molecule has 2 aromatic carbocycles. The predicted octanol–water partition coefficient (Wildman–Crippen LogP) is 3.62. The summed E-state index contributed by atoms with van der Waals surface area (Å²) in [5.41, 5.74) is 1.16. The van der Waals surface area contributed by atoms with E-state index in [1.165, 1.54) is 12.1 Å². The van der Waals surface area contributed by atoms with E-state index in [2.05, 4.69) is 4.98 Å². The summed E-state index contributed by atoms with van der Waals surface area (Å²) in [6.45, 7) is 5.69. The maximum atomic E-state index is 12.9. The third-order valence-electron chi connectivity index (χ3n) is 5.54. The van der Waals surface area contributed by atoms with Crippen LogP contribution in [0.15, 0.2) is 42.5 Å². The summed E-state index contributed by atoms with van der Waals surface area (Å²) in [7, 11) is -4.47. The molecule has 1 N–H and O–H groups in total. The monoisotopic (exact) mass is 544 g/mol. The SMILES string of the molecule is CC(C)(C)OC(=O)c1c(Cl)ccc2[nH]c(OS(=O)(=O)N3CCN(Cc4ccc(C#N)cc4)CC3=O)cc12. The van der Waals surface area contributed by atoms with E-state index in [0.717, 1.165) is 5.56 Å². The van der Waals surface area contributed by atoms with E-state index in [-0.39, 0.29) is 29.6 Å². The number of piperazine rings is 1. The molecule has 0 aliphatic carbocycles. The van der Waals surface area contributed by atoms with Crippen molar-refractivity contribution in [1.82, 2.24) is 14.2 Å². The van der Waals surface area contributed by atoms with Crippen molar-refractivity contribution in [2.45, 2.75) is 32.9 Å². The average molecular weight is 545 g/mol. The van der Waals surface area contributed by atoms with Gasteiger partial charge in [-0.25, -0.2) is 9.10 Å². The zero-order chi connectivity index (χ0) is 27.0. The van der Waals surface area contributed by atoms with Crippen molar-refractivity contribution >= 4 is 44.7 Å². The molecule has 1 fully saturated rings. The minimum Gasteiger partial charge on any atom is -0.456 e. The molecule has 2 heterocycles. The smallest absolute Gasteiger partial charge is 0.413 e. The minimum atomic E-state index is -4.47. The van der Waals surface area contributed by atoms with Crippen LogP contribution in [-0.4, -0.2) is 59.7 Å². The number of rotatable bonds is 6. The van der Waals surface area contributed by atoms with Crippen molar-refractivity contribution in [1.29, 1.82) is 5.26 Å². The van der Waals surface area contributed by atoms with Crippen molar-refractivity contribution < 1.29 is 26.9 Å². The van der Waals surface area contributed by atoms with E-state index in [0.29, 0.717) is 33.9 Å². The number of esters is 1. The van der Waals surface area contributed by atoms with Gasteiger partial charge in [0, 0.05) is 30.1 Å². The van der Waals surface area contributed by atoms with Gasteiger partial charge in [0.25, 0.3) is 5.91 Å². The molecule has 1 saturated heterocycles. The van der Waals surface area contributed by atoms with Crippen LogP contribution in [0.3, 0.4) is 0 Å². The molecule has 0 spiro atoms. The van der Waals surface area contributed by atoms with E-state index >= 15 is 0 Å². The molecule has 1 aliphatic heterocycles. The number of benzene rings is 2. The Hall–Kier alpha value is -3.59.